The normalized spacial score (nSPS) is 11.6. The van der Waals surface area contributed by atoms with Crippen molar-refractivity contribution < 1.29 is 23.1 Å². The van der Waals surface area contributed by atoms with Gasteiger partial charge in [0.1, 0.15) is 11.6 Å². The first kappa shape index (κ1) is 18.4. The third kappa shape index (κ3) is 4.52. The van der Waals surface area contributed by atoms with E-state index >= 15 is 0 Å². The Morgan fingerprint density at radius 1 is 1.48 bits per heavy atom. The van der Waals surface area contributed by atoms with Crippen LogP contribution >= 0.6 is 11.5 Å². The predicted octanol–water partition coefficient (Wildman–Crippen LogP) is 1.20. The molecule has 2 rings (SSSR count). The summed E-state index contributed by atoms with van der Waals surface area (Å²) in [5, 5.41) is 20.6. The number of hydrogen-bond acceptors (Lipinski definition) is 9. The summed E-state index contributed by atoms with van der Waals surface area (Å²) in [6.07, 6.45) is 2.23. The molecule has 2 aromatic rings. The molecule has 0 atom stereocenters. The number of carbonyl (C=O) groups excluding carboxylic acids is 1. The maximum Gasteiger partial charge on any atom is 0.268 e. The summed E-state index contributed by atoms with van der Waals surface area (Å²) in [4.78, 5) is 15.8. The van der Waals surface area contributed by atoms with E-state index in [1.54, 1.807) is 6.07 Å². The van der Waals surface area contributed by atoms with Gasteiger partial charge in [0.25, 0.3) is 11.1 Å². The number of carbonyl (C=O) groups is 1. The molecule has 0 spiro atoms. The zero-order chi connectivity index (χ0) is 18.6. The van der Waals surface area contributed by atoms with Crippen molar-refractivity contribution in [3.05, 3.63) is 29.3 Å². The SMILES string of the molecule is COc1cc(/C=C(/C#N)C(=O)Nc2nc(S(C)(=O)=O)ns2)ccc1O. The highest BCUT2D eigenvalue weighted by Gasteiger charge is 2.17. The Hall–Kier alpha value is -2.97. The number of nitrogens with one attached hydrogen (secondary N) is 1. The van der Waals surface area contributed by atoms with E-state index in [2.05, 4.69) is 14.7 Å². The number of nitriles is 1. The number of rotatable bonds is 5. The maximum absolute atomic E-state index is 12.1. The van der Waals surface area contributed by atoms with Crippen LogP contribution in [0.1, 0.15) is 5.56 Å². The minimum Gasteiger partial charge on any atom is -0.504 e. The number of aromatic nitrogens is 2. The number of nitrogens with zero attached hydrogens (tertiary/aromatic N) is 3. The van der Waals surface area contributed by atoms with Crippen molar-refractivity contribution in [2.75, 3.05) is 18.7 Å². The number of methoxy groups -OCH3 is 1. The number of benzene rings is 1. The highest BCUT2D eigenvalue weighted by molar-refractivity contribution is 7.90. The van der Waals surface area contributed by atoms with Crippen LogP contribution in [0.5, 0.6) is 11.5 Å². The molecular formula is C14H12N4O5S2. The van der Waals surface area contributed by atoms with Crippen molar-refractivity contribution in [1.82, 2.24) is 9.36 Å². The van der Waals surface area contributed by atoms with Crippen LogP contribution in [0, 0.1) is 11.3 Å². The maximum atomic E-state index is 12.1. The first-order valence-electron chi connectivity index (χ1n) is 6.58. The topological polar surface area (TPSA) is 142 Å². The molecule has 1 amide bonds. The molecule has 130 valence electrons. The van der Waals surface area contributed by atoms with Gasteiger partial charge in [-0.05, 0) is 23.8 Å². The van der Waals surface area contributed by atoms with Crippen molar-refractivity contribution in [1.29, 1.82) is 5.26 Å². The van der Waals surface area contributed by atoms with E-state index in [0.717, 1.165) is 6.26 Å². The average molecular weight is 380 g/mol. The summed E-state index contributed by atoms with van der Waals surface area (Å²) in [5.41, 5.74) is 0.208. The van der Waals surface area contributed by atoms with Crippen LogP contribution < -0.4 is 10.1 Å². The van der Waals surface area contributed by atoms with E-state index in [-0.39, 0.29) is 22.2 Å². The number of aromatic hydroxyl groups is 1. The molecule has 0 aliphatic rings. The summed E-state index contributed by atoms with van der Waals surface area (Å²) in [6.45, 7) is 0. The second-order valence-corrected chi connectivity index (χ2v) is 7.37. The molecule has 11 heteroatoms. The number of hydrogen-bond donors (Lipinski definition) is 2. The lowest BCUT2D eigenvalue weighted by molar-refractivity contribution is -0.112. The van der Waals surface area contributed by atoms with Crippen molar-refractivity contribution in [2.45, 2.75) is 5.16 Å². The molecule has 0 unspecified atom stereocenters. The van der Waals surface area contributed by atoms with Gasteiger partial charge in [-0.2, -0.15) is 14.6 Å². The molecule has 1 aromatic heterocycles. The largest absolute Gasteiger partial charge is 0.504 e. The van der Waals surface area contributed by atoms with Crippen LogP contribution in [0.3, 0.4) is 0 Å². The molecular weight excluding hydrogens is 368 g/mol. The lowest BCUT2D eigenvalue weighted by atomic mass is 10.1. The number of ether oxygens (including phenoxy) is 1. The fourth-order valence-corrected chi connectivity index (χ4v) is 3.11. The van der Waals surface area contributed by atoms with Gasteiger partial charge >= 0.3 is 0 Å². The second kappa shape index (κ2) is 7.29. The van der Waals surface area contributed by atoms with E-state index in [9.17, 15) is 18.3 Å². The van der Waals surface area contributed by atoms with Gasteiger partial charge in [-0.15, -0.1) is 0 Å². The van der Waals surface area contributed by atoms with Gasteiger partial charge < -0.3 is 9.84 Å². The molecule has 0 saturated carbocycles. The van der Waals surface area contributed by atoms with E-state index in [1.165, 1.54) is 31.4 Å². The Morgan fingerprint density at radius 2 is 2.20 bits per heavy atom. The van der Waals surface area contributed by atoms with Gasteiger partial charge in [-0.1, -0.05) is 6.07 Å². The van der Waals surface area contributed by atoms with Crippen LogP contribution in [-0.2, 0) is 14.6 Å². The summed E-state index contributed by atoms with van der Waals surface area (Å²) in [6, 6.07) is 6.05. The van der Waals surface area contributed by atoms with Gasteiger partial charge in [0.2, 0.25) is 15.0 Å². The van der Waals surface area contributed by atoms with Gasteiger partial charge in [0.05, 0.1) is 7.11 Å². The summed E-state index contributed by atoms with van der Waals surface area (Å²) >= 11 is 0.685. The highest BCUT2D eigenvalue weighted by atomic mass is 32.2. The fraction of sp³-hybridized carbons (Fsp3) is 0.143. The average Bonchev–Trinajstić information content (AvgIpc) is 3.02. The zero-order valence-electron chi connectivity index (χ0n) is 13.0. The molecule has 2 N–H and O–H groups in total. The van der Waals surface area contributed by atoms with E-state index in [4.69, 9.17) is 10.00 Å². The minimum atomic E-state index is -3.58. The van der Waals surface area contributed by atoms with Gasteiger partial charge in [-0.3, -0.25) is 10.1 Å². The molecule has 0 aliphatic heterocycles. The lowest BCUT2D eigenvalue weighted by Gasteiger charge is -2.04. The summed E-state index contributed by atoms with van der Waals surface area (Å²) < 4.78 is 31.2. The van der Waals surface area contributed by atoms with Crippen LogP contribution in [0.2, 0.25) is 0 Å². The number of sulfone groups is 1. The van der Waals surface area contributed by atoms with E-state index in [0.29, 0.717) is 17.1 Å². The van der Waals surface area contributed by atoms with Crippen LogP contribution in [0.15, 0.2) is 28.9 Å². The van der Waals surface area contributed by atoms with Crippen molar-refractivity contribution in [3.63, 3.8) is 0 Å². The highest BCUT2D eigenvalue weighted by Crippen LogP contribution is 2.27. The van der Waals surface area contributed by atoms with Gasteiger partial charge in [0, 0.05) is 17.8 Å². The monoisotopic (exact) mass is 380 g/mol. The number of amides is 1. The molecule has 0 aliphatic carbocycles. The number of anilines is 1. The fourth-order valence-electron chi connectivity index (χ4n) is 1.68. The van der Waals surface area contributed by atoms with Gasteiger partial charge in [-0.25, -0.2) is 8.42 Å². The molecule has 0 fully saturated rings. The van der Waals surface area contributed by atoms with Crippen molar-refractivity contribution >= 4 is 38.5 Å². The van der Waals surface area contributed by atoms with Crippen LogP contribution in [0.4, 0.5) is 5.13 Å². The first-order valence-corrected chi connectivity index (χ1v) is 9.25. The molecule has 0 saturated heterocycles. The Balaban J connectivity index is 2.24. The Bertz CT molecular complexity index is 989. The number of phenolic OH excluding ortho intramolecular Hbond substituents is 1. The predicted molar refractivity (Wildman–Crippen MR) is 89.9 cm³/mol. The first-order chi connectivity index (χ1) is 11.7. The molecule has 25 heavy (non-hydrogen) atoms. The third-order valence-corrected chi connectivity index (χ3v) is 4.43. The zero-order valence-corrected chi connectivity index (χ0v) is 14.7. The minimum absolute atomic E-state index is 0.0464. The Labute approximate surface area is 147 Å². The molecule has 0 radical (unpaired) electrons. The molecule has 1 aromatic carbocycles. The van der Waals surface area contributed by atoms with Crippen molar-refractivity contribution in [2.24, 2.45) is 0 Å². The quantitative estimate of drug-likeness (QED) is 0.582. The Kier molecular flexibility index (Phi) is 5.35. The smallest absolute Gasteiger partial charge is 0.268 e. The molecule has 9 nitrogen and oxygen atoms in total. The summed E-state index contributed by atoms with van der Waals surface area (Å²) in [7, 11) is -2.21. The Morgan fingerprint density at radius 3 is 2.76 bits per heavy atom. The van der Waals surface area contributed by atoms with Crippen molar-refractivity contribution in [3.8, 4) is 17.6 Å². The molecule has 1 heterocycles. The van der Waals surface area contributed by atoms with E-state index in [1.807, 2.05) is 0 Å². The standard InChI is InChI=1S/C14H12N4O5S2/c1-23-11-6-8(3-4-10(11)19)5-9(7-15)12(20)16-13-17-14(18-24-13)25(2,21)22/h3-6,19H,1-2H3,(H,16,17,18,20)/b9-5-. The molecule has 0 bridgehead atoms. The van der Waals surface area contributed by atoms with E-state index < -0.39 is 20.9 Å². The summed E-state index contributed by atoms with van der Waals surface area (Å²) in [5.74, 6) is -0.663. The van der Waals surface area contributed by atoms with Crippen LogP contribution in [-0.4, -0.2) is 42.2 Å². The van der Waals surface area contributed by atoms with Crippen LogP contribution in [0.25, 0.3) is 6.08 Å². The number of phenols is 1. The second-order valence-electron chi connectivity index (χ2n) is 4.71. The third-order valence-electron chi connectivity index (χ3n) is 2.84. The lowest BCUT2D eigenvalue weighted by Crippen LogP contribution is -2.13. The van der Waals surface area contributed by atoms with Gasteiger partial charge in [0.15, 0.2) is 11.5 Å².